The fraction of sp³-hybridized carbons (Fsp3) is 0.320. The Bertz CT molecular complexity index is 997. The van der Waals surface area contributed by atoms with Crippen LogP contribution in [-0.2, 0) is 16.0 Å². The van der Waals surface area contributed by atoms with Crippen LogP contribution in [0.15, 0.2) is 48.0 Å². The quantitative estimate of drug-likeness (QED) is 0.517. The number of benzene rings is 2. The van der Waals surface area contributed by atoms with Crippen LogP contribution in [0.2, 0.25) is 5.02 Å². The molecule has 0 heterocycles. The number of rotatable bonds is 10. The molecule has 0 fully saturated rings. The lowest BCUT2D eigenvalue weighted by molar-refractivity contribution is -0.149. The number of carbonyl (C=O) groups is 1. The fourth-order valence-corrected chi connectivity index (χ4v) is 3.04. The summed E-state index contributed by atoms with van der Waals surface area (Å²) < 4.78 is 21.5. The molecule has 0 aliphatic heterocycles. The van der Waals surface area contributed by atoms with Gasteiger partial charge in [-0.25, -0.2) is 4.79 Å². The normalized spacial score (nSPS) is 11.8. The van der Waals surface area contributed by atoms with Crippen molar-refractivity contribution in [1.29, 1.82) is 0 Å². The van der Waals surface area contributed by atoms with Crippen molar-refractivity contribution in [3.8, 4) is 29.1 Å². The SMILES string of the molecule is CCOC(Cc1ccc(OCC=C(C)C#Cc2cc(OC)cc(OC)c2)c(Cl)c1)C(=O)O. The fourth-order valence-electron chi connectivity index (χ4n) is 2.78. The average molecular weight is 459 g/mol. The highest BCUT2D eigenvalue weighted by Gasteiger charge is 2.18. The van der Waals surface area contributed by atoms with Crippen LogP contribution in [0.4, 0.5) is 0 Å². The van der Waals surface area contributed by atoms with Crippen LogP contribution >= 0.6 is 11.6 Å². The van der Waals surface area contributed by atoms with Gasteiger partial charge in [-0.05, 0) is 55.3 Å². The number of allylic oxidation sites excluding steroid dienone is 1. The molecule has 2 rings (SSSR count). The van der Waals surface area contributed by atoms with Crippen LogP contribution in [0.5, 0.6) is 17.2 Å². The zero-order valence-electron chi connectivity index (χ0n) is 18.6. The molecule has 2 aromatic carbocycles. The number of carboxylic acid groups (broad SMARTS) is 1. The van der Waals surface area contributed by atoms with Gasteiger partial charge in [0.1, 0.15) is 23.9 Å². The van der Waals surface area contributed by atoms with E-state index in [-0.39, 0.29) is 13.0 Å². The van der Waals surface area contributed by atoms with Crippen LogP contribution < -0.4 is 14.2 Å². The van der Waals surface area contributed by atoms with Crippen LogP contribution in [-0.4, -0.2) is 44.6 Å². The second kappa shape index (κ2) is 12.7. The van der Waals surface area contributed by atoms with Gasteiger partial charge in [-0.2, -0.15) is 0 Å². The first kappa shape index (κ1) is 25.1. The lowest BCUT2D eigenvalue weighted by atomic mass is 10.1. The molecule has 6 nitrogen and oxygen atoms in total. The molecule has 0 aliphatic carbocycles. The van der Waals surface area contributed by atoms with Gasteiger partial charge in [-0.1, -0.05) is 29.5 Å². The van der Waals surface area contributed by atoms with Crippen LogP contribution in [0.25, 0.3) is 0 Å². The number of carboxylic acids is 1. The largest absolute Gasteiger partial charge is 0.497 e. The van der Waals surface area contributed by atoms with Gasteiger partial charge in [0.25, 0.3) is 0 Å². The monoisotopic (exact) mass is 458 g/mol. The molecule has 1 atom stereocenters. The lowest BCUT2D eigenvalue weighted by Gasteiger charge is -2.13. The van der Waals surface area contributed by atoms with E-state index < -0.39 is 12.1 Å². The topological polar surface area (TPSA) is 74.2 Å². The third kappa shape index (κ3) is 7.84. The molecule has 2 aromatic rings. The summed E-state index contributed by atoms with van der Waals surface area (Å²) in [6, 6.07) is 10.7. The minimum Gasteiger partial charge on any atom is -0.497 e. The molecule has 0 aliphatic rings. The molecular formula is C25H27ClO6. The second-order valence-electron chi connectivity index (χ2n) is 6.80. The van der Waals surface area contributed by atoms with E-state index in [9.17, 15) is 9.90 Å². The van der Waals surface area contributed by atoms with Crippen molar-refractivity contribution in [2.75, 3.05) is 27.4 Å². The minimum atomic E-state index is -1.00. The zero-order valence-corrected chi connectivity index (χ0v) is 19.4. The van der Waals surface area contributed by atoms with Crippen molar-refractivity contribution in [2.24, 2.45) is 0 Å². The molecule has 0 aromatic heterocycles. The van der Waals surface area contributed by atoms with Crippen molar-refractivity contribution < 1.29 is 28.8 Å². The molecule has 0 amide bonds. The van der Waals surface area contributed by atoms with Gasteiger partial charge in [0.15, 0.2) is 6.10 Å². The molecule has 0 spiro atoms. The minimum absolute atomic E-state index is 0.229. The summed E-state index contributed by atoms with van der Waals surface area (Å²) in [4.78, 5) is 11.2. The molecular weight excluding hydrogens is 432 g/mol. The van der Waals surface area contributed by atoms with Gasteiger partial charge in [-0.3, -0.25) is 0 Å². The van der Waals surface area contributed by atoms with E-state index in [0.717, 1.165) is 16.7 Å². The maximum absolute atomic E-state index is 11.2. The predicted molar refractivity (Wildman–Crippen MR) is 124 cm³/mol. The van der Waals surface area contributed by atoms with Gasteiger partial charge >= 0.3 is 5.97 Å². The summed E-state index contributed by atoms with van der Waals surface area (Å²) in [5.41, 5.74) is 2.37. The summed E-state index contributed by atoms with van der Waals surface area (Å²) in [6.07, 6.45) is 1.17. The Hall–Kier alpha value is -3.14. The highest BCUT2D eigenvalue weighted by molar-refractivity contribution is 6.32. The van der Waals surface area contributed by atoms with Crippen molar-refractivity contribution in [2.45, 2.75) is 26.4 Å². The number of hydrogen-bond donors (Lipinski definition) is 1. The molecule has 170 valence electrons. The molecule has 32 heavy (non-hydrogen) atoms. The van der Waals surface area contributed by atoms with E-state index in [4.69, 9.17) is 30.5 Å². The van der Waals surface area contributed by atoms with Gasteiger partial charge in [0, 0.05) is 24.7 Å². The number of ether oxygens (including phenoxy) is 4. The first-order chi connectivity index (χ1) is 15.4. The van der Waals surface area contributed by atoms with Gasteiger partial charge < -0.3 is 24.1 Å². The standard InChI is InChI=1S/C25H27ClO6/c1-5-31-24(25(27)28)15-19-8-9-23(22(26)14-19)32-11-10-17(2)6-7-18-12-20(29-3)16-21(13-18)30-4/h8-10,12-14,16,24H,5,11,15H2,1-4H3,(H,27,28). The smallest absolute Gasteiger partial charge is 0.333 e. The Kier molecular flexibility index (Phi) is 9.93. The van der Waals surface area contributed by atoms with E-state index in [1.807, 2.05) is 25.1 Å². The summed E-state index contributed by atoms with van der Waals surface area (Å²) in [7, 11) is 3.19. The highest BCUT2D eigenvalue weighted by Crippen LogP contribution is 2.26. The second-order valence-corrected chi connectivity index (χ2v) is 7.21. The summed E-state index contributed by atoms with van der Waals surface area (Å²) >= 11 is 6.30. The number of aliphatic carboxylic acids is 1. The van der Waals surface area contributed by atoms with E-state index in [0.29, 0.717) is 28.9 Å². The molecule has 0 radical (unpaired) electrons. The van der Waals surface area contributed by atoms with E-state index in [2.05, 4.69) is 11.8 Å². The number of halogens is 1. The third-order valence-electron chi connectivity index (χ3n) is 4.44. The zero-order chi connectivity index (χ0) is 23.5. The number of hydrogen-bond acceptors (Lipinski definition) is 5. The van der Waals surface area contributed by atoms with Crippen LogP contribution in [0.3, 0.4) is 0 Å². The summed E-state index contributed by atoms with van der Waals surface area (Å²) in [6.45, 7) is 4.26. The molecule has 7 heteroatoms. The third-order valence-corrected chi connectivity index (χ3v) is 4.74. The Labute approximate surface area is 193 Å². The highest BCUT2D eigenvalue weighted by atomic mass is 35.5. The average Bonchev–Trinajstić information content (AvgIpc) is 2.78. The van der Waals surface area contributed by atoms with Crippen molar-refractivity contribution >= 4 is 17.6 Å². The molecule has 1 N–H and O–H groups in total. The van der Waals surface area contributed by atoms with Gasteiger partial charge in [-0.15, -0.1) is 0 Å². The van der Waals surface area contributed by atoms with Crippen molar-refractivity contribution in [3.63, 3.8) is 0 Å². The first-order valence-corrected chi connectivity index (χ1v) is 10.4. The molecule has 0 bridgehead atoms. The number of methoxy groups -OCH3 is 2. The molecule has 0 saturated heterocycles. The van der Waals surface area contributed by atoms with Crippen molar-refractivity contribution in [3.05, 3.63) is 64.2 Å². The van der Waals surface area contributed by atoms with Gasteiger partial charge in [0.2, 0.25) is 0 Å². The maximum atomic E-state index is 11.2. The Balaban J connectivity index is 1.99. The summed E-state index contributed by atoms with van der Waals surface area (Å²) in [5, 5.41) is 9.62. The lowest BCUT2D eigenvalue weighted by Crippen LogP contribution is -2.26. The Morgan fingerprint density at radius 3 is 2.41 bits per heavy atom. The van der Waals surface area contributed by atoms with Crippen LogP contribution in [0, 0.1) is 11.8 Å². The Morgan fingerprint density at radius 1 is 1.16 bits per heavy atom. The molecule has 0 saturated carbocycles. The van der Waals surface area contributed by atoms with E-state index >= 15 is 0 Å². The van der Waals surface area contributed by atoms with E-state index in [1.54, 1.807) is 45.4 Å². The van der Waals surface area contributed by atoms with Crippen molar-refractivity contribution in [1.82, 2.24) is 0 Å². The van der Waals surface area contributed by atoms with E-state index in [1.165, 1.54) is 0 Å². The van der Waals surface area contributed by atoms with Crippen LogP contribution in [0.1, 0.15) is 25.0 Å². The predicted octanol–water partition coefficient (Wildman–Crippen LogP) is 4.77. The summed E-state index contributed by atoms with van der Waals surface area (Å²) in [5.74, 6) is 7.01. The van der Waals surface area contributed by atoms with Gasteiger partial charge in [0.05, 0.1) is 19.2 Å². The Morgan fingerprint density at radius 2 is 1.84 bits per heavy atom. The first-order valence-electron chi connectivity index (χ1n) is 10.0. The maximum Gasteiger partial charge on any atom is 0.333 e. The molecule has 1 unspecified atom stereocenters.